The van der Waals surface area contributed by atoms with Crippen LogP contribution in [0, 0.1) is 18.3 Å². The van der Waals surface area contributed by atoms with Gasteiger partial charge in [0, 0.05) is 36.4 Å². The zero-order chi connectivity index (χ0) is 27.0. The highest BCUT2D eigenvalue weighted by atomic mass is 28.4. The Morgan fingerprint density at radius 1 is 1.32 bits per heavy atom. The van der Waals surface area contributed by atoms with Gasteiger partial charge in [0.15, 0.2) is 8.32 Å². The molecule has 0 amide bonds. The van der Waals surface area contributed by atoms with Gasteiger partial charge in [0.2, 0.25) is 5.95 Å². The van der Waals surface area contributed by atoms with Crippen LogP contribution < -0.4 is 10.6 Å². The van der Waals surface area contributed by atoms with E-state index in [0.29, 0.717) is 24.7 Å². The number of benzene rings is 1. The lowest BCUT2D eigenvalue weighted by molar-refractivity contribution is 0.220. The van der Waals surface area contributed by atoms with Crippen molar-refractivity contribution in [3.63, 3.8) is 0 Å². The summed E-state index contributed by atoms with van der Waals surface area (Å²) >= 11 is 0. The van der Waals surface area contributed by atoms with E-state index < -0.39 is 8.32 Å². The lowest BCUT2D eigenvalue weighted by Crippen LogP contribution is -2.45. The highest BCUT2D eigenvalue weighted by molar-refractivity contribution is 6.74. The van der Waals surface area contributed by atoms with Crippen LogP contribution in [-0.2, 0) is 16.4 Å². The number of allylic oxidation sites excluding steroid dienone is 1. The first-order chi connectivity index (χ1) is 17.4. The molecule has 0 bridgehead atoms. The molecule has 0 fully saturated rings. The van der Waals surface area contributed by atoms with Crippen LogP contribution in [0.25, 0.3) is 11.3 Å². The molecule has 1 aromatic carbocycles. The van der Waals surface area contributed by atoms with Crippen LogP contribution in [0.2, 0.25) is 18.1 Å². The van der Waals surface area contributed by atoms with E-state index in [4.69, 9.17) is 9.41 Å². The zero-order valence-electron chi connectivity index (χ0n) is 22.9. The highest BCUT2D eigenvalue weighted by Crippen LogP contribution is 2.44. The van der Waals surface area contributed by atoms with E-state index in [2.05, 4.69) is 80.2 Å². The molecule has 0 unspecified atom stereocenters. The van der Waals surface area contributed by atoms with Gasteiger partial charge in [0.1, 0.15) is 11.9 Å². The van der Waals surface area contributed by atoms with Crippen LogP contribution in [0.15, 0.2) is 43.1 Å². The third kappa shape index (κ3) is 5.31. The summed E-state index contributed by atoms with van der Waals surface area (Å²) in [6, 6.07) is 10.2. The van der Waals surface area contributed by atoms with Gasteiger partial charge < -0.3 is 15.1 Å². The number of hydrogen-bond donors (Lipinski definition) is 2. The van der Waals surface area contributed by atoms with E-state index in [1.165, 1.54) is 0 Å². The standard InChI is InChI=1S/C28H37N7OSi/c1-9-12-35-24(13-19(2)34-35)33-26-30-11-10-23(32-26)20-14-21(16-29)25-22(15-20)28(6,17-31-25)18-36-37(7,8)27(3,4)5/h9-11,13-15,31H,1,12,17-18H2,2-8H3,(H,30,32,33)/t28-/m1/s1. The Balaban J connectivity index is 1.67. The molecular formula is C28H37N7OSi. The minimum absolute atomic E-state index is 0.127. The van der Waals surface area contributed by atoms with Crippen molar-refractivity contribution in [2.24, 2.45) is 0 Å². The van der Waals surface area contributed by atoms with Crippen molar-refractivity contribution < 1.29 is 4.43 Å². The first kappa shape index (κ1) is 26.6. The zero-order valence-corrected chi connectivity index (χ0v) is 23.9. The molecule has 9 heteroatoms. The molecule has 8 nitrogen and oxygen atoms in total. The monoisotopic (exact) mass is 515 g/mol. The van der Waals surface area contributed by atoms with Gasteiger partial charge in [0.25, 0.3) is 0 Å². The molecule has 194 valence electrons. The van der Waals surface area contributed by atoms with Crippen molar-refractivity contribution in [1.82, 2.24) is 19.7 Å². The number of fused-ring (bicyclic) bond motifs is 1. The summed E-state index contributed by atoms with van der Waals surface area (Å²) in [6.45, 7) is 21.1. The Morgan fingerprint density at radius 2 is 2.08 bits per heavy atom. The Hall–Kier alpha value is -3.48. The lowest BCUT2D eigenvalue weighted by atomic mass is 9.83. The molecule has 1 aliphatic heterocycles. The third-order valence-electron chi connectivity index (χ3n) is 7.52. The smallest absolute Gasteiger partial charge is 0.228 e. The lowest BCUT2D eigenvalue weighted by Gasteiger charge is -2.39. The second-order valence-electron chi connectivity index (χ2n) is 11.6. The van der Waals surface area contributed by atoms with E-state index in [9.17, 15) is 5.26 Å². The molecule has 2 aromatic heterocycles. The number of nitriles is 1. The maximum atomic E-state index is 9.96. The average molecular weight is 516 g/mol. The van der Waals surface area contributed by atoms with Crippen LogP contribution in [-0.4, -0.2) is 41.2 Å². The number of rotatable bonds is 8. The van der Waals surface area contributed by atoms with E-state index in [1.807, 2.05) is 29.8 Å². The average Bonchev–Trinajstić information content (AvgIpc) is 3.36. The maximum absolute atomic E-state index is 9.96. The molecule has 0 aliphatic carbocycles. The normalized spacial score (nSPS) is 17.1. The molecule has 0 saturated heterocycles. The van der Waals surface area contributed by atoms with Crippen LogP contribution in [0.5, 0.6) is 0 Å². The maximum Gasteiger partial charge on any atom is 0.228 e. The number of nitrogens with zero attached hydrogens (tertiary/aromatic N) is 5. The molecule has 0 radical (unpaired) electrons. The van der Waals surface area contributed by atoms with Crippen LogP contribution >= 0.6 is 0 Å². The molecular weight excluding hydrogens is 478 g/mol. The van der Waals surface area contributed by atoms with Gasteiger partial charge in [0.05, 0.1) is 29.2 Å². The molecule has 37 heavy (non-hydrogen) atoms. The summed E-state index contributed by atoms with van der Waals surface area (Å²) in [5, 5.41) is 21.3. The van der Waals surface area contributed by atoms with Gasteiger partial charge in [-0.25, -0.2) is 14.6 Å². The highest BCUT2D eigenvalue weighted by Gasteiger charge is 2.42. The molecule has 3 heterocycles. The third-order valence-corrected chi connectivity index (χ3v) is 12.0. The predicted octanol–water partition coefficient (Wildman–Crippen LogP) is 6.15. The Morgan fingerprint density at radius 3 is 2.76 bits per heavy atom. The quantitative estimate of drug-likeness (QED) is 0.274. The number of anilines is 3. The minimum Gasteiger partial charge on any atom is -0.416 e. The fraction of sp³-hybridized carbons (Fsp3) is 0.429. The Labute approximate surface area is 220 Å². The number of aryl methyl sites for hydroxylation is 1. The first-order valence-corrected chi connectivity index (χ1v) is 15.5. The second-order valence-corrected chi connectivity index (χ2v) is 16.4. The molecule has 1 aliphatic rings. The molecule has 4 rings (SSSR count). The van der Waals surface area contributed by atoms with E-state index >= 15 is 0 Å². The van der Waals surface area contributed by atoms with Crippen molar-refractivity contribution in [3.8, 4) is 17.3 Å². The molecule has 0 spiro atoms. The molecule has 3 aromatic rings. The second kappa shape index (κ2) is 9.76. The van der Waals surface area contributed by atoms with Crippen molar-refractivity contribution in [1.29, 1.82) is 5.26 Å². The van der Waals surface area contributed by atoms with E-state index in [1.54, 1.807) is 12.3 Å². The molecule has 0 saturated carbocycles. The van der Waals surface area contributed by atoms with Gasteiger partial charge in [-0.05, 0) is 48.8 Å². The van der Waals surface area contributed by atoms with Crippen LogP contribution in [0.4, 0.5) is 17.5 Å². The summed E-state index contributed by atoms with van der Waals surface area (Å²) in [5.41, 5.74) is 4.84. The Bertz CT molecular complexity index is 1370. The summed E-state index contributed by atoms with van der Waals surface area (Å²) in [6.07, 6.45) is 3.52. The molecule has 2 N–H and O–H groups in total. The first-order valence-electron chi connectivity index (χ1n) is 12.6. The largest absolute Gasteiger partial charge is 0.416 e. The van der Waals surface area contributed by atoms with Crippen LogP contribution in [0.3, 0.4) is 0 Å². The van der Waals surface area contributed by atoms with Crippen molar-refractivity contribution >= 4 is 25.8 Å². The fourth-order valence-corrected chi connectivity index (χ4v) is 5.32. The van der Waals surface area contributed by atoms with Crippen molar-refractivity contribution in [2.45, 2.75) is 64.7 Å². The Kier molecular flexibility index (Phi) is 7.01. The van der Waals surface area contributed by atoms with Crippen molar-refractivity contribution in [3.05, 3.63) is 59.9 Å². The summed E-state index contributed by atoms with van der Waals surface area (Å²) in [7, 11) is -1.93. The minimum atomic E-state index is -1.93. The summed E-state index contributed by atoms with van der Waals surface area (Å²) in [4.78, 5) is 9.18. The van der Waals surface area contributed by atoms with Crippen LogP contribution in [0.1, 0.15) is 44.5 Å². The number of aromatic nitrogens is 4. The van der Waals surface area contributed by atoms with Gasteiger partial charge in [-0.15, -0.1) is 6.58 Å². The van der Waals surface area contributed by atoms with Gasteiger partial charge >= 0.3 is 0 Å². The SMILES string of the molecule is C=CCn1nc(C)cc1Nc1nccc(-c2cc(C#N)c3c(c2)[C@@](C)(CO[Si](C)(C)C(C)(C)C)CN3)n1. The van der Waals surface area contributed by atoms with E-state index in [0.717, 1.165) is 40.6 Å². The van der Waals surface area contributed by atoms with Crippen molar-refractivity contribution in [2.75, 3.05) is 23.8 Å². The van der Waals surface area contributed by atoms with Gasteiger partial charge in [-0.2, -0.15) is 10.4 Å². The summed E-state index contributed by atoms with van der Waals surface area (Å²) in [5.74, 6) is 1.25. The summed E-state index contributed by atoms with van der Waals surface area (Å²) < 4.78 is 8.46. The molecule has 1 atom stereocenters. The number of nitrogens with one attached hydrogen (secondary N) is 2. The number of hydrogen-bond acceptors (Lipinski definition) is 7. The fourth-order valence-electron chi connectivity index (χ4n) is 4.21. The van der Waals surface area contributed by atoms with Gasteiger partial charge in [-0.1, -0.05) is 33.8 Å². The predicted molar refractivity (Wildman–Crippen MR) is 152 cm³/mol. The topological polar surface area (TPSA) is 101 Å². The van der Waals surface area contributed by atoms with E-state index in [-0.39, 0.29) is 10.5 Å². The van der Waals surface area contributed by atoms with Gasteiger partial charge in [-0.3, -0.25) is 0 Å².